The highest BCUT2D eigenvalue weighted by Crippen LogP contribution is 2.25. The van der Waals surface area contributed by atoms with E-state index in [1.54, 1.807) is 21.6 Å². The fraction of sp³-hybridized carbons (Fsp3) is 0.500. The van der Waals surface area contributed by atoms with Gasteiger partial charge in [0.25, 0.3) is 0 Å². The van der Waals surface area contributed by atoms with Crippen molar-refractivity contribution in [1.82, 2.24) is 5.43 Å². The zero-order valence-corrected chi connectivity index (χ0v) is 7.35. The number of hydrogen-bond acceptors (Lipinski definition) is 4. The lowest BCUT2D eigenvalue weighted by atomic mass is 11.5. The monoisotopic (exact) mass is 184 g/mol. The summed E-state index contributed by atoms with van der Waals surface area (Å²) in [5.74, 6) is 0. The van der Waals surface area contributed by atoms with E-state index >= 15 is 0 Å². The van der Waals surface area contributed by atoms with Gasteiger partial charge in [0.1, 0.15) is 0 Å². The summed E-state index contributed by atoms with van der Waals surface area (Å²) >= 11 is 4.81. The van der Waals surface area contributed by atoms with Crippen LogP contribution in [0.15, 0.2) is 4.47 Å². The highest BCUT2D eigenvalue weighted by atomic mass is 33.5. The predicted molar refractivity (Wildman–Crippen MR) is 46.6 cm³/mol. The van der Waals surface area contributed by atoms with Crippen LogP contribution in [0.25, 0.3) is 0 Å². The zero-order valence-electron chi connectivity index (χ0n) is 4.08. The fourth-order valence-corrected chi connectivity index (χ4v) is 4.42. The molecule has 0 radical (unpaired) electrons. The Bertz CT molecular complexity index is 141. The molecule has 1 aliphatic rings. The first-order chi connectivity index (χ1) is 3.83. The third kappa shape index (κ3) is 1.61. The van der Waals surface area contributed by atoms with Crippen LogP contribution in [0, 0.1) is 0 Å². The molecule has 0 aromatic rings. The molecule has 46 valence electrons. The van der Waals surface area contributed by atoms with Crippen molar-refractivity contribution >= 4 is 46.9 Å². The quantitative estimate of drug-likeness (QED) is 0.493. The summed E-state index contributed by atoms with van der Waals surface area (Å²) < 4.78 is 4.79. The third-order valence-electron chi connectivity index (χ3n) is 0.501. The van der Waals surface area contributed by atoms with Crippen LogP contribution in [0.2, 0.25) is 0 Å². The Morgan fingerprint density at radius 3 is 3.00 bits per heavy atom. The molecule has 0 aromatic carbocycles. The van der Waals surface area contributed by atoms with Crippen molar-refractivity contribution in [3.63, 3.8) is 0 Å². The largest absolute Gasteiger partial charge is 0.254 e. The summed E-state index contributed by atoms with van der Waals surface area (Å²) in [6.07, 6.45) is 2.02. The molecule has 8 heavy (non-hydrogen) atoms. The molecule has 0 spiro atoms. The van der Waals surface area contributed by atoms with Crippen molar-refractivity contribution in [1.29, 1.82) is 0 Å². The van der Waals surface area contributed by atoms with Gasteiger partial charge in [-0.15, -0.1) is 4.47 Å². The Morgan fingerprint density at radius 2 is 2.75 bits per heavy atom. The molecule has 2 nitrogen and oxygen atoms in total. The van der Waals surface area contributed by atoms with Crippen LogP contribution >= 0.6 is 33.8 Å². The first-order valence-corrected chi connectivity index (χ1v) is 6.47. The predicted octanol–water partition coefficient (Wildman–Crippen LogP) is 1.52. The van der Waals surface area contributed by atoms with Crippen LogP contribution in [0.5, 0.6) is 0 Å². The molecular weight excluding hydrogens is 180 g/mol. The van der Waals surface area contributed by atoms with Crippen molar-refractivity contribution < 1.29 is 0 Å². The van der Waals surface area contributed by atoms with E-state index in [-0.39, 0.29) is 8.76 Å². The Labute approximate surface area is 63.1 Å². The molecule has 0 aromatic heterocycles. The standard InChI is InChI=1S/C2H4N2S4/c1-6-8-4-3-2(5)7-8/h1H3,(H,3,5). The molecule has 6 heteroatoms. The van der Waals surface area contributed by atoms with Gasteiger partial charge in [-0.1, -0.05) is 23.0 Å². The van der Waals surface area contributed by atoms with Crippen molar-refractivity contribution in [2.45, 2.75) is 0 Å². The molecule has 1 unspecified atom stereocenters. The van der Waals surface area contributed by atoms with Crippen molar-refractivity contribution in [2.24, 2.45) is 4.47 Å². The van der Waals surface area contributed by atoms with Crippen LogP contribution in [-0.2, 0) is 8.76 Å². The maximum atomic E-state index is 4.81. The van der Waals surface area contributed by atoms with Crippen LogP contribution in [-0.4, -0.2) is 10.6 Å². The second kappa shape index (κ2) is 3.05. The molecule has 0 fully saturated rings. The molecule has 0 saturated carbocycles. The molecule has 0 amide bonds. The Morgan fingerprint density at radius 1 is 2.00 bits per heavy atom. The van der Waals surface area contributed by atoms with Crippen LogP contribution in [0.3, 0.4) is 0 Å². The van der Waals surface area contributed by atoms with Crippen LogP contribution in [0.4, 0.5) is 0 Å². The third-order valence-corrected chi connectivity index (χ3v) is 6.14. The maximum Gasteiger partial charge on any atom is 0.167 e. The van der Waals surface area contributed by atoms with Gasteiger partial charge in [0, 0.05) is 8.76 Å². The van der Waals surface area contributed by atoms with E-state index < -0.39 is 0 Å². The smallest absolute Gasteiger partial charge is 0.167 e. The first-order valence-electron chi connectivity index (χ1n) is 1.81. The molecule has 1 heterocycles. The van der Waals surface area contributed by atoms with Crippen molar-refractivity contribution in [3.05, 3.63) is 0 Å². The molecule has 1 N–H and O–H groups in total. The molecule has 0 saturated heterocycles. The molecule has 1 atom stereocenters. The Balaban J connectivity index is 2.49. The molecule has 0 aliphatic carbocycles. The lowest BCUT2D eigenvalue weighted by Gasteiger charge is -1.85. The minimum Gasteiger partial charge on any atom is -0.254 e. The average molecular weight is 184 g/mol. The van der Waals surface area contributed by atoms with Crippen molar-refractivity contribution in [3.8, 4) is 0 Å². The fourth-order valence-electron chi connectivity index (χ4n) is 0.248. The van der Waals surface area contributed by atoms with E-state index in [1.807, 2.05) is 6.26 Å². The summed E-state index contributed by atoms with van der Waals surface area (Å²) in [6, 6.07) is 0. The molecule has 1 aliphatic heterocycles. The van der Waals surface area contributed by atoms with Gasteiger partial charge in [0.05, 0.1) is 0 Å². The summed E-state index contributed by atoms with van der Waals surface area (Å²) in [4.78, 5) is 0. The van der Waals surface area contributed by atoms with E-state index in [0.717, 1.165) is 4.32 Å². The van der Waals surface area contributed by atoms with E-state index in [9.17, 15) is 0 Å². The van der Waals surface area contributed by atoms with Gasteiger partial charge < -0.3 is 0 Å². The number of nitrogens with one attached hydrogen (secondary N) is 1. The topological polar surface area (TPSA) is 24.4 Å². The SMILES string of the molecule is CSS1=NNC(=S)S1. The second-order valence-corrected chi connectivity index (χ2v) is 7.18. The normalized spacial score (nSPS) is 27.1. The lowest BCUT2D eigenvalue weighted by Crippen LogP contribution is -2.02. The average Bonchev–Trinajstić information content (AvgIpc) is 2.14. The first kappa shape index (κ1) is 6.85. The van der Waals surface area contributed by atoms with Crippen molar-refractivity contribution in [2.75, 3.05) is 6.26 Å². The summed E-state index contributed by atoms with van der Waals surface area (Å²) in [7, 11) is 3.36. The minimum absolute atomic E-state index is 0.0417. The van der Waals surface area contributed by atoms with Gasteiger partial charge in [-0.25, -0.2) is 0 Å². The maximum absolute atomic E-state index is 4.81. The number of thiocarbonyl (C=S) groups is 1. The molecule has 0 bridgehead atoms. The van der Waals surface area contributed by atoms with E-state index in [4.69, 9.17) is 12.2 Å². The number of nitrogens with zero attached hydrogens (tertiary/aromatic N) is 1. The van der Waals surface area contributed by atoms with E-state index in [1.165, 1.54) is 0 Å². The molecular formula is C2H4N2S4. The van der Waals surface area contributed by atoms with Crippen LogP contribution < -0.4 is 5.43 Å². The Hall–Kier alpha value is 0.740. The second-order valence-electron chi connectivity index (χ2n) is 0.958. The zero-order chi connectivity index (χ0) is 5.98. The van der Waals surface area contributed by atoms with Gasteiger partial charge >= 0.3 is 0 Å². The highest BCUT2D eigenvalue weighted by molar-refractivity contribution is 9.06. The lowest BCUT2D eigenvalue weighted by molar-refractivity contribution is 1.10. The Kier molecular flexibility index (Phi) is 2.61. The number of rotatable bonds is 1. The summed E-state index contributed by atoms with van der Waals surface area (Å²) in [5.41, 5.74) is 2.73. The summed E-state index contributed by atoms with van der Waals surface area (Å²) in [5, 5.41) is 0. The van der Waals surface area contributed by atoms with E-state index in [0.29, 0.717) is 0 Å². The summed E-state index contributed by atoms with van der Waals surface area (Å²) in [6.45, 7) is 0. The van der Waals surface area contributed by atoms with Gasteiger partial charge in [-0.3, -0.25) is 5.43 Å². The van der Waals surface area contributed by atoms with E-state index in [2.05, 4.69) is 9.90 Å². The highest BCUT2D eigenvalue weighted by Gasteiger charge is 2.08. The van der Waals surface area contributed by atoms with Crippen LogP contribution in [0.1, 0.15) is 0 Å². The van der Waals surface area contributed by atoms with Gasteiger partial charge in [-0.2, -0.15) is 0 Å². The van der Waals surface area contributed by atoms with Gasteiger partial charge in [-0.05, 0) is 17.0 Å². The number of hydrogen-bond donors (Lipinski definition) is 1. The van der Waals surface area contributed by atoms with Gasteiger partial charge in [0.2, 0.25) is 0 Å². The molecule has 1 rings (SSSR count). The minimum atomic E-state index is 0.0417. The van der Waals surface area contributed by atoms with Gasteiger partial charge in [0.15, 0.2) is 4.32 Å².